The van der Waals surface area contributed by atoms with Crippen LogP contribution in [-0.2, 0) is 21.2 Å². The average Bonchev–Trinajstić information content (AvgIpc) is 2.60. The molecule has 128 valence electrons. The SMILES string of the molecule is COC(=O)c1cc(S(=O)(=O)N(C)CCc2ccccn2)ccc1Br. The van der Waals surface area contributed by atoms with Crippen LogP contribution in [0.3, 0.4) is 0 Å². The molecule has 1 aromatic carbocycles. The van der Waals surface area contributed by atoms with E-state index in [1.807, 2.05) is 12.1 Å². The maximum absolute atomic E-state index is 12.7. The predicted molar refractivity (Wildman–Crippen MR) is 93.2 cm³/mol. The van der Waals surface area contributed by atoms with Crippen molar-refractivity contribution in [3.05, 3.63) is 58.3 Å². The Bertz CT molecular complexity index is 825. The van der Waals surface area contributed by atoms with Crippen molar-refractivity contribution in [3.63, 3.8) is 0 Å². The summed E-state index contributed by atoms with van der Waals surface area (Å²) in [5.41, 5.74) is 0.974. The molecule has 0 bridgehead atoms. The van der Waals surface area contributed by atoms with Crippen LogP contribution in [0.2, 0.25) is 0 Å². The molecule has 0 radical (unpaired) electrons. The first-order chi connectivity index (χ1) is 11.4. The van der Waals surface area contributed by atoms with Gasteiger partial charge in [-0.25, -0.2) is 17.5 Å². The molecule has 1 aromatic heterocycles. The van der Waals surface area contributed by atoms with E-state index in [-0.39, 0.29) is 17.0 Å². The number of aromatic nitrogens is 1. The highest BCUT2D eigenvalue weighted by atomic mass is 79.9. The van der Waals surface area contributed by atoms with Crippen molar-refractivity contribution in [1.29, 1.82) is 0 Å². The number of sulfonamides is 1. The van der Waals surface area contributed by atoms with Crippen LogP contribution in [-0.4, -0.2) is 44.4 Å². The van der Waals surface area contributed by atoms with Crippen LogP contribution in [0.5, 0.6) is 0 Å². The lowest BCUT2D eigenvalue weighted by atomic mass is 10.2. The minimum absolute atomic E-state index is 0.0367. The Kier molecular flexibility index (Phi) is 6.09. The van der Waals surface area contributed by atoms with E-state index >= 15 is 0 Å². The van der Waals surface area contributed by atoms with Gasteiger partial charge in [0.15, 0.2) is 0 Å². The first kappa shape index (κ1) is 18.6. The van der Waals surface area contributed by atoms with Gasteiger partial charge in [-0.1, -0.05) is 6.07 Å². The third-order valence-electron chi connectivity index (χ3n) is 3.46. The molecule has 1 heterocycles. The molecular weight excluding hydrogens is 396 g/mol. The van der Waals surface area contributed by atoms with Crippen LogP contribution in [0, 0.1) is 0 Å². The van der Waals surface area contributed by atoms with Gasteiger partial charge in [0.25, 0.3) is 0 Å². The summed E-state index contributed by atoms with van der Waals surface area (Å²) in [6, 6.07) is 9.78. The molecule has 0 aliphatic carbocycles. The van der Waals surface area contributed by atoms with Gasteiger partial charge in [-0.2, -0.15) is 0 Å². The van der Waals surface area contributed by atoms with Gasteiger partial charge >= 0.3 is 5.97 Å². The van der Waals surface area contributed by atoms with Crippen molar-refractivity contribution in [1.82, 2.24) is 9.29 Å². The lowest BCUT2D eigenvalue weighted by Crippen LogP contribution is -2.29. The monoisotopic (exact) mass is 412 g/mol. The van der Waals surface area contributed by atoms with E-state index in [9.17, 15) is 13.2 Å². The number of hydrogen-bond donors (Lipinski definition) is 0. The lowest BCUT2D eigenvalue weighted by Gasteiger charge is -2.17. The van der Waals surface area contributed by atoms with E-state index in [1.54, 1.807) is 12.3 Å². The highest BCUT2D eigenvalue weighted by Gasteiger charge is 2.23. The highest BCUT2D eigenvalue weighted by molar-refractivity contribution is 9.10. The summed E-state index contributed by atoms with van der Waals surface area (Å²) in [4.78, 5) is 15.9. The molecule has 2 aromatic rings. The Morgan fingerprint density at radius 3 is 2.67 bits per heavy atom. The third kappa shape index (κ3) is 4.19. The van der Waals surface area contributed by atoms with E-state index in [0.717, 1.165) is 5.69 Å². The van der Waals surface area contributed by atoms with E-state index in [1.165, 1.54) is 36.7 Å². The molecule has 6 nitrogen and oxygen atoms in total. The molecule has 8 heteroatoms. The highest BCUT2D eigenvalue weighted by Crippen LogP contribution is 2.23. The van der Waals surface area contributed by atoms with Gasteiger partial charge in [-0.3, -0.25) is 4.98 Å². The molecule has 0 saturated carbocycles. The Balaban J connectivity index is 2.21. The maximum atomic E-state index is 12.7. The van der Waals surface area contributed by atoms with Crippen LogP contribution in [0.15, 0.2) is 52.0 Å². The second kappa shape index (κ2) is 7.87. The first-order valence-corrected chi connectivity index (χ1v) is 9.33. The molecule has 0 spiro atoms. The number of rotatable bonds is 6. The zero-order valence-electron chi connectivity index (χ0n) is 13.3. The Morgan fingerprint density at radius 1 is 1.29 bits per heavy atom. The lowest BCUT2D eigenvalue weighted by molar-refractivity contribution is 0.0599. The van der Waals surface area contributed by atoms with Crippen molar-refractivity contribution in [2.24, 2.45) is 0 Å². The number of carbonyl (C=O) groups is 1. The minimum Gasteiger partial charge on any atom is -0.465 e. The van der Waals surface area contributed by atoms with Gasteiger partial charge in [-0.05, 0) is 46.3 Å². The van der Waals surface area contributed by atoms with Gasteiger partial charge in [-0.15, -0.1) is 0 Å². The summed E-state index contributed by atoms with van der Waals surface area (Å²) in [7, 11) is -0.970. The molecular formula is C16H17BrN2O4S. The number of ether oxygens (including phenoxy) is 1. The zero-order chi connectivity index (χ0) is 17.7. The van der Waals surface area contributed by atoms with Gasteiger partial charge in [0, 0.05) is 36.4 Å². The van der Waals surface area contributed by atoms with Gasteiger partial charge in [0.1, 0.15) is 0 Å². The second-order valence-corrected chi connectivity index (χ2v) is 7.93. The fourth-order valence-corrected chi connectivity index (χ4v) is 3.66. The van der Waals surface area contributed by atoms with Crippen LogP contribution in [0.4, 0.5) is 0 Å². The molecule has 0 aliphatic rings. The molecule has 0 saturated heterocycles. The van der Waals surface area contributed by atoms with E-state index in [4.69, 9.17) is 0 Å². The normalized spacial score (nSPS) is 11.5. The van der Waals surface area contributed by atoms with Crippen molar-refractivity contribution >= 4 is 31.9 Å². The molecule has 0 atom stereocenters. The quantitative estimate of drug-likeness (QED) is 0.681. The van der Waals surface area contributed by atoms with Crippen molar-refractivity contribution in [3.8, 4) is 0 Å². The fraction of sp³-hybridized carbons (Fsp3) is 0.250. The first-order valence-electron chi connectivity index (χ1n) is 7.10. The summed E-state index contributed by atoms with van der Waals surface area (Å²) in [6.07, 6.45) is 2.16. The van der Waals surface area contributed by atoms with Gasteiger partial charge in [0.05, 0.1) is 17.6 Å². The number of nitrogens with zero attached hydrogens (tertiary/aromatic N) is 2. The smallest absolute Gasteiger partial charge is 0.339 e. The van der Waals surface area contributed by atoms with Crippen LogP contribution in [0.1, 0.15) is 16.1 Å². The predicted octanol–water partition coefficient (Wildman–Crippen LogP) is 2.49. The number of esters is 1. The summed E-state index contributed by atoms with van der Waals surface area (Å²) in [5.74, 6) is -0.602. The van der Waals surface area contributed by atoms with Crippen LogP contribution >= 0.6 is 15.9 Å². The number of methoxy groups -OCH3 is 1. The summed E-state index contributed by atoms with van der Waals surface area (Å²) in [5, 5.41) is 0. The number of carbonyl (C=O) groups excluding carboxylic acids is 1. The van der Waals surface area contributed by atoms with E-state index in [2.05, 4.69) is 25.7 Å². The van der Waals surface area contributed by atoms with Gasteiger partial charge < -0.3 is 4.74 Å². The zero-order valence-corrected chi connectivity index (χ0v) is 15.7. The number of hydrogen-bond acceptors (Lipinski definition) is 5. The molecule has 2 rings (SSSR count). The molecule has 24 heavy (non-hydrogen) atoms. The van der Waals surface area contributed by atoms with Crippen molar-refractivity contribution in [2.75, 3.05) is 20.7 Å². The summed E-state index contributed by atoms with van der Waals surface area (Å²) in [6.45, 7) is 0.281. The molecule has 0 unspecified atom stereocenters. The van der Waals surface area contributed by atoms with Gasteiger partial charge in [0.2, 0.25) is 10.0 Å². The van der Waals surface area contributed by atoms with E-state index in [0.29, 0.717) is 10.9 Å². The number of likely N-dealkylation sites (N-methyl/N-ethyl adjacent to an activating group) is 1. The average molecular weight is 413 g/mol. The molecule has 0 aliphatic heterocycles. The molecule has 0 N–H and O–H groups in total. The largest absolute Gasteiger partial charge is 0.465 e. The Labute approximate surface area is 149 Å². The van der Waals surface area contributed by atoms with Crippen molar-refractivity contribution in [2.45, 2.75) is 11.3 Å². The number of pyridine rings is 1. The summed E-state index contributed by atoms with van der Waals surface area (Å²) >= 11 is 3.22. The van der Waals surface area contributed by atoms with E-state index < -0.39 is 16.0 Å². The number of benzene rings is 1. The minimum atomic E-state index is -3.71. The molecule has 0 fully saturated rings. The summed E-state index contributed by atoms with van der Waals surface area (Å²) < 4.78 is 31.7. The Morgan fingerprint density at radius 2 is 2.04 bits per heavy atom. The maximum Gasteiger partial charge on any atom is 0.339 e. The Hall–Kier alpha value is -1.77. The number of halogens is 1. The third-order valence-corrected chi connectivity index (χ3v) is 6.00. The second-order valence-electron chi connectivity index (χ2n) is 5.03. The fourth-order valence-electron chi connectivity index (χ4n) is 2.05. The molecule has 0 amide bonds. The standard InChI is InChI=1S/C16H17BrN2O4S/c1-19(10-8-12-5-3-4-9-18-12)24(21,22)13-6-7-15(17)14(11-13)16(20)23-2/h3-7,9,11H,8,10H2,1-2H3. The topological polar surface area (TPSA) is 76.6 Å². The van der Waals surface area contributed by atoms with Crippen LogP contribution < -0.4 is 0 Å². The van der Waals surface area contributed by atoms with Crippen molar-refractivity contribution < 1.29 is 17.9 Å². The van der Waals surface area contributed by atoms with Crippen LogP contribution in [0.25, 0.3) is 0 Å².